The highest BCUT2D eigenvalue weighted by molar-refractivity contribution is 5.75. The highest BCUT2D eigenvalue weighted by Gasteiger charge is 2.12. The van der Waals surface area contributed by atoms with Crippen LogP contribution in [0.1, 0.15) is 25.1 Å². The average Bonchev–Trinajstić information content (AvgIpc) is 2.62. The van der Waals surface area contributed by atoms with Gasteiger partial charge in [0.2, 0.25) is 0 Å². The quantitative estimate of drug-likeness (QED) is 0.810. The van der Waals surface area contributed by atoms with E-state index < -0.39 is 0 Å². The van der Waals surface area contributed by atoms with Crippen molar-refractivity contribution >= 4 is 11.0 Å². The monoisotopic (exact) mass is 207 g/mol. The minimum absolute atomic E-state index is 0.223. The van der Waals surface area contributed by atoms with E-state index >= 15 is 0 Å². The van der Waals surface area contributed by atoms with E-state index in [0.717, 1.165) is 23.3 Å². The largest absolute Gasteiger partial charge is 0.342 e. The summed E-state index contributed by atoms with van der Waals surface area (Å²) < 4.78 is 12.9. The Kier molecular flexibility index (Phi) is 2.68. The van der Waals surface area contributed by atoms with Gasteiger partial charge < -0.3 is 10.7 Å². The second-order valence-electron chi connectivity index (χ2n) is 3.62. The molecule has 0 saturated carbocycles. The zero-order valence-corrected chi connectivity index (χ0v) is 8.63. The summed E-state index contributed by atoms with van der Waals surface area (Å²) in [5.41, 5.74) is 7.16. The van der Waals surface area contributed by atoms with Crippen molar-refractivity contribution in [2.24, 2.45) is 5.73 Å². The number of H-pyrrole nitrogens is 1. The van der Waals surface area contributed by atoms with Gasteiger partial charge in [0.15, 0.2) is 0 Å². The maximum atomic E-state index is 12.9. The SMILES string of the molecule is CCC(CN)c1nc2ccc(F)cc2[nH]1. The fourth-order valence-electron chi connectivity index (χ4n) is 1.67. The van der Waals surface area contributed by atoms with Crippen LogP contribution in [-0.4, -0.2) is 16.5 Å². The lowest BCUT2D eigenvalue weighted by molar-refractivity contribution is 0.629. The molecule has 0 radical (unpaired) electrons. The third-order valence-electron chi connectivity index (χ3n) is 2.63. The Labute approximate surface area is 87.5 Å². The van der Waals surface area contributed by atoms with Crippen molar-refractivity contribution in [2.75, 3.05) is 6.54 Å². The van der Waals surface area contributed by atoms with Crippen LogP contribution in [0, 0.1) is 5.82 Å². The summed E-state index contributed by atoms with van der Waals surface area (Å²) in [7, 11) is 0. The van der Waals surface area contributed by atoms with E-state index in [1.807, 2.05) is 0 Å². The number of fused-ring (bicyclic) bond motifs is 1. The van der Waals surface area contributed by atoms with Crippen LogP contribution in [-0.2, 0) is 0 Å². The summed E-state index contributed by atoms with van der Waals surface area (Å²) in [5.74, 6) is 0.819. The second kappa shape index (κ2) is 3.98. The molecule has 1 atom stereocenters. The van der Waals surface area contributed by atoms with Gasteiger partial charge in [-0.05, 0) is 24.6 Å². The molecule has 4 heteroatoms. The topological polar surface area (TPSA) is 54.7 Å². The number of aromatic amines is 1. The highest BCUT2D eigenvalue weighted by atomic mass is 19.1. The molecule has 0 aliphatic heterocycles. The zero-order chi connectivity index (χ0) is 10.8. The zero-order valence-electron chi connectivity index (χ0n) is 8.63. The number of imidazole rings is 1. The first-order valence-corrected chi connectivity index (χ1v) is 5.09. The second-order valence-corrected chi connectivity index (χ2v) is 3.62. The molecule has 1 aromatic heterocycles. The van der Waals surface area contributed by atoms with Crippen LogP contribution in [0.3, 0.4) is 0 Å². The molecule has 1 aromatic carbocycles. The Morgan fingerprint density at radius 3 is 3.00 bits per heavy atom. The average molecular weight is 207 g/mol. The number of nitrogens with zero attached hydrogens (tertiary/aromatic N) is 1. The Hall–Kier alpha value is -1.42. The van der Waals surface area contributed by atoms with Crippen LogP contribution in [0.2, 0.25) is 0 Å². The summed E-state index contributed by atoms with van der Waals surface area (Å²) in [6.45, 7) is 2.62. The van der Waals surface area contributed by atoms with Crippen LogP contribution in [0.15, 0.2) is 18.2 Å². The number of hydrogen-bond acceptors (Lipinski definition) is 2. The predicted octanol–water partition coefficient (Wildman–Crippen LogP) is 2.15. The van der Waals surface area contributed by atoms with Gasteiger partial charge in [-0.2, -0.15) is 0 Å². The van der Waals surface area contributed by atoms with E-state index in [4.69, 9.17) is 5.73 Å². The van der Waals surface area contributed by atoms with Crippen LogP contribution < -0.4 is 5.73 Å². The molecule has 80 valence electrons. The summed E-state index contributed by atoms with van der Waals surface area (Å²) in [6, 6.07) is 4.54. The molecule has 2 rings (SSSR count). The molecule has 0 saturated heterocycles. The Balaban J connectivity index is 2.46. The Morgan fingerprint density at radius 2 is 2.33 bits per heavy atom. The van der Waals surface area contributed by atoms with Gasteiger partial charge in [-0.25, -0.2) is 9.37 Å². The summed E-state index contributed by atoms with van der Waals surface area (Å²) in [5, 5.41) is 0. The maximum absolute atomic E-state index is 12.9. The van der Waals surface area contributed by atoms with Gasteiger partial charge in [0.05, 0.1) is 11.0 Å². The van der Waals surface area contributed by atoms with Gasteiger partial charge in [-0.3, -0.25) is 0 Å². The first-order valence-electron chi connectivity index (χ1n) is 5.09. The number of nitrogens with one attached hydrogen (secondary N) is 1. The molecule has 0 spiro atoms. The minimum Gasteiger partial charge on any atom is -0.342 e. The fraction of sp³-hybridized carbons (Fsp3) is 0.364. The van der Waals surface area contributed by atoms with Crippen molar-refractivity contribution in [1.29, 1.82) is 0 Å². The number of aromatic nitrogens is 2. The molecule has 0 bridgehead atoms. The predicted molar refractivity (Wildman–Crippen MR) is 58.1 cm³/mol. The molecule has 3 nitrogen and oxygen atoms in total. The minimum atomic E-state index is -0.251. The molecule has 0 aliphatic carbocycles. The fourth-order valence-corrected chi connectivity index (χ4v) is 1.67. The molecule has 0 amide bonds. The molecule has 0 aliphatic rings. The lowest BCUT2D eigenvalue weighted by Crippen LogP contribution is -2.12. The molecule has 2 aromatic rings. The summed E-state index contributed by atoms with van der Waals surface area (Å²) in [4.78, 5) is 7.50. The van der Waals surface area contributed by atoms with E-state index in [1.54, 1.807) is 6.07 Å². The van der Waals surface area contributed by atoms with Crippen molar-refractivity contribution < 1.29 is 4.39 Å². The molecule has 15 heavy (non-hydrogen) atoms. The van der Waals surface area contributed by atoms with Gasteiger partial charge in [0, 0.05) is 12.5 Å². The Bertz CT molecular complexity index is 460. The van der Waals surface area contributed by atoms with Crippen molar-refractivity contribution in [3.8, 4) is 0 Å². The third-order valence-corrected chi connectivity index (χ3v) is 2.63. The van der Waals surface area contributed by atoms with Gasteiger partial charge in [-0.15, -0.1) is 0 Å². The summed E-state index contributed by atoms with van der Waals surface area (Å²) in [6.07, 6.45) is 0.929. The van der Waals surface area contributed by atoms with Gasteiger partial charge in [0.1, 0.15) is 11.6 Å². The van der Waals surface area contributed by atoms with Gasteiger partial charge in [0.25, 0.3) is 0 Å². The van der Waals surface area contributed by atoms with Crippen LogP contribution in [0.25, 0.3) is 11.0 Å². The van der Waals surface area contributed by atoms with Crippen molar-refractivity contribution in [1.82, 2.24) is 9.97 Å². The Morgan fingerprint density at radius 1 is 1.53 bits per heavy atom. The molecule has 3 N–H and O–H groups in total. The van der Waals surface area contributed by atoms with E-state index in [1.165, 1.54) is 12.1 Å². The first-order chi connectivity index (χ1) is 7.24. The van der Waals surface area contributed by atoms with E-state index in [2.05, 4.69) is 16.9 Å². The maximum Gasteiger partial charge on any atom is 0.125 e. The molecular weight excluding hydrogens is 193 g/mol. The lowest BCUT2D eigenvalue weighted by atomic mass is 10.1. The summed E-state index contributed by atoms with van der Waals surface area (Å²) >= 11 is 0. The highest BCUT2D eigenvalue weighted by Crippen LogP contribution is 2.19. The standard InChI is InChI=1S/C11H14FN3/c1-2-7(6-13)11-14-9-4-3-8(12)5-10(9)15-11/h3-5,7H,2,6,13H2,1H3,(H,14,15). The van der Waals surface area contributed by atoms with Crippen LogP contribution in [0.5, 0.6) is 0 Å². The van der Waals surface area contributed by atoms with Crippen LogP contribution in [0.4, 0.5) is 4.39 Å². The van der Waals surface area contributed by atoms with Crippen molar-refractivity contribution in [2.45, 2.75) is 19.3 Å². The van der Waals surface area contributed by atoms with E-state index in [0.29, 0.717) is 6.54 Å². The smallest absolute Gasteiger partial charge is 0.125 e. The normalized spacial score (nSPS) is 13.3. The van der Waals surface area contributed by atoms with E-state index in [9.17, 15) is 4.39 Å². The molecular formula is C11H14FN3. The number of benzene rings is 1. The van der Waals surface area contributed by atoms with Crippen molar-refractivity contribution in [3.05, 3.63) is 29.8 Å². The molecule has 0 fully saturated rings. The lowest BCUT2D eigenvalue weighted by Gasteiger charge is -2.07. The van der Waals surface area contributed by atoms with E-state index in [-0.39, 0.29) is 11.7 Å². The molecule has 1 heterocycles. The number of nitrogens with two attached hydrogens (primary N) is 1. The third kappa shape index (κ3) is 1.85. The van der Waals surface area contributed by atoms with Gasteiger partial charge >= 0.3 is 0 Å². The van der Waals surface area contributed by atoms with Gasteiger partial charge in [-0.1, -0.05) is 6.92 Å². The first kappa shape index (κ1) is 10.1. The number of rotatable bonds is 3. The van der Waals surface area contributed by atoms with Crippen LogP contribution >= 0.6 is 0 Å². The number of hydrogen-bond donors (Lipinski definition) is 2. The molecule has 1 unspecified atom stereocenters. The number of halogens is 1. The van der Waals surface area contributed by atoms with Crippen molar-refractivity contribution in [3.63, 3.8) is 0 Å².